The molecule has 1 N–H and O–H groups in total. The van der Waals surface area contributed by atoms with Crippen LogP contribution in [0.5, 0.6) is 5.75 Å². The van der Waals surface area contributed by atoms with Gasteiger partial charge in [0.1, 0.15) is 17.3 Å². The van der Waals surface area contributed by atoms with Crippen molar-refractivity contribution in [2.75, 3.05) is 9.80 Å². The predicted octanol–water partition coefficient (Wildman–Crippen LogP) is 8.78. The number of halogens is 1. The van der Waals surface area contributed by atoms with Gasteiger partial charge >= 0.3 is 0 Å². The zero-order valence-electron chi connectivity index (χ0n) is 31.2. The van der Waals surface area contributed by atoms with E-state index in [1.54, 1.807) is 59.5 Å². The van der Waals surface area contributed by atoms with E-state index in [1.165, 1.54) is 9.80 Å². The minimum absolute atomic E-state index is 0.0284. The Balaban J connectivity index is 1.16. The van der Waals surface area contributed by atoms with Gasteiger partial charge in [0.2, 0.25) is 23.6 Å². The van der Waals surface area contributed by atoms with Crippen molar-refractivity contribution in [3.63, 3.8) is 0 Å². The third-order valence-electron chi connectivity index (χ3n) is 12.7. The van der Waals surface area contributed by atoms with E-state index in [1.807, 2.05) is 62.4 Å². The van der Waals surface area contributed by atoms with E-state index < -0.39 is 46.8 Å². The summed E-state index contributed by atoms with van der Waals surface area (Å²) >= 11 is 7.90. The van der Waals surface area contributed by atoms with Gasteiger partial charge in [-0.05, 0) is 91.4 Å². The Morgan fingerprint density at radius 1 is 0.982 bits per heavy atom. The summed E-state index contributed by atoms with van der Waals surface area (Å²) in [6, 6.07) is 20.1. The summed E-state index contributed by atoms with van der Waals surface area (Å²) in [6.45, 7) is 11.5. The maximum Gasteiger partial charge on any atom is 0.242 e. The lowest BCUT2D eigenvalue weighted by atomic mass is 9.51. The molecule has 4 aliphatic rings. The van der Waals surface area contributed by atoms with Gasteiger partial charge in [0.05, 0.1) is 33.7 Å². The number of hydrogen-bond donors (Lipinski definition) is 1. The highest BCUT2D eigenvalue weighted by molar-refractivity contribution is 7.22. The molecule has 6 atom stereocenters. The molecule has 9 rings (SSSR count). The van der Waals surface area contributed by atoms with Crippen molar-refractivity contribution in [3.05, 3.63) is 125 Å². The largest absolute Gasteiger partial charge is 0.507 e. The van der Waals surface area contributed by atoms with Crippen molar-refractivity contribution in [3.8, 4) is 16.3 Å². The molecule has 1 saturated carbocycles. The van der Waals surface area contributed by atoms with Gasteiger partial charge < -0.3 is 5.11 Å². The van der Waals surface area contributed by atoms with Crippen LogP contribution in [-0.4, -0.2) is 38.5 Å². The minimum atomic E-state index is -1.34. The molecule has 5 aromatic rings. The quantitative estimate of drug-likeness (QED) is 0.131. The molecule has 3 fully saturated rings. The van der Waals surface area contributed by atoms with E-state index in [9.17, 15) is 19.5 Å². The number of phenols is 1. The molecule has 2 aromatic heterocycles. The maximum atomic E-state index is 15.2. The molecule has 4 heterocycles. The Kier molecular flexibility index (Phi) is 8.37. The number of thiophene rings is 1. The number of imide groups is 2. The van der Waals surface area contributed by atoms with E-state index in [0.717, 1.165) is 31.7 Å². The van der Waals surface area contributed by atoms with E-state index in [4.69, 9.17) is 16.7 Å². The fourth-order valence-electron chi connectivity index (χ4n) is 9.97. The van der Waals surface area contributed by atoms with Crippen LogP contribution in [0.1, 0.15) is 47.9 Å². The number of carbonyl (C=O) groups excluding carboxylic acids is 4. The number of benzene rings is 3. The van der Waals surface area contributed by atoms with Crippen LogP contribution in [0.25, 0.3) is 26.7 Å². The van der Waals surface area contributed by atoms with Crippen LogP contribution in [0.2, 0.25) is 5.02 Å². The summed E-state index contributed by atoms with van der Waals surface area (Å²) in [5.41, 5.74) is 3.58. The van der Waals surface area contributed by atoms with Gasteiger partial charge in [0.25, 0.3) is 0 Å². The first-order valence-corrected chi connectivity index (χ1v) is 19.9. The maximum absolute atomic E-state index is 15.2. The summed E-state index contributed by atoms with van der Waals surface area (Å²) in [6.07, 6.45) is 6.28. The molecule has 4 amide bonds. The van der Waals surface area contributed by atoms with Gasteiger partial charge in [-0.3, -0.25) is 28.8 Å². The molecule has 282 valence electrons. The summed E-state index contributed by atoms with van der Waals surface area (Å²) in [7, 11) is 1.72. The number of amides is 4. The molecule has 3 aromatic carbocycles. The highest BCUT2D eigenvalue weighted by Crippen LogP contribution is 2.64. The van der Waals surface area contributed by atoms with Gasteiger partial charge in [-0.1, -0.05) is 72.3 Å². The molecule has 0 radical (unpaired) electrons. The van der Waals surface area contributed by atoms with Gasteiger partial charge in [0, 0.05) is 34.3 Å². The molecule has 2 aliphatic heterocycles. The number of rotatable bonds is 7. The lowest BCUT2D eigenvalue weighted by Gasteiger charge is -2.49. The molecular weight excluding hydrogens is 744 g/mol. The normalized spacial score (nSPS) is 25.7. The molecule has 2 saturated heterocycles. The highest BCUT2D eigenvalue weighted by atomic mass is 35.5. The van der Waals surface area contributed by atoms with Crippen LogP contribution in [-0.2, 0) is 32.6 Å². The second-order valence-corrected chi connectivity index (χ2v) is 17.0. The molecule has 0 bridgehead atoms. The monoisotopic (exact) mass is 782 g/mol. The Hall–Kier alpha value is -5.58. The van der Waals surface area contributed by atoms with Crippen LogP contribution in [0.15, 0.2) is 97.6 Å². The second-order valence-electron chi connectivity index (χ2n) is 15.5. The van der Waals surface area contributed by atoms with Crippen LogP contribution in [0, 0.1) is 36.0 Å². The zero-order chi connectivity index (χ0) is 39.4. The standard InChI is InChI=1S/C45H39ClN4O5S/c1-6-9-25-10-8-11-30(39(25)51)38-28-17-18-29-37(43(54)49(41(29)52)27-15-12-24(7-2)13-16-27)32(28)21-33-42(53)50(44(55)45(33,38)4)36-22-34(47-48(36)5)40-23(3)31-20-26(46)14-19-35(31)56-40/h6-8,10-17,19-20,22,29,32-33,37-38,51H,1-2,9,18,21H2,3-5H3/t29-,32+,33-,37-,38+,45+/m0/s1. The van der Waals surface area contributed by atoms with Crippen LogP contribution < -0.4 is 9.80 Å². The van der Waals surface area contributed by atoms with Crippen molar-refractivity contribution in [2.45, 2.75) is 39.0 Å². The summed E-state index contributed by atoms with van der Waals surface area (Å²) in [5, 5.41) is 18.3. The lowest BCUT2D eigenvalue weighted by molar-refractivity contribution is -0.131. The Labute approximate surface area is 333 Å². The molecule has 2 aliphatic carbocycles. The average Bonchev–Trinajstić information content (AvgIpc) is 3.86. The number of anilines is 2. The number of carbonyl (C=O) groups is 4. The number of allylic oxidation sites excluding steroid dienone is 3. The number of aryl methyl sites for hydroxylation is 2. The van der Waals surface area contributed by atoms with E-state index in [-0.39, 0.29) is 24.0 Å². The average molecular weight is 783 g/mol. The topological polar surface area (TPSA) is 113 Å². The molecule has 0 unspecified atom stereocenters. The first kappa shape index (κ1) is 36.1. The first-order valence-electron chi connectivity index (χ1n) is 18.7. The number of phenolic OH excluding ortho intramolecular Hbond substituents is 1. The van der Waals surface area contributed by atoms with Crippen molar-refractivity contribution in [2.24, 2.45) is 36.1 Å². The van der Waals surface area contributed by atoms with Crippen molar-refractivity contribution < 1.29 is 24.3 Å². The fourth-order valence-corrected chi connectivity index (χ4v) is 11.3. The van der Waals surface area contributed by atoms with E-state index >= 15 is 4.79 Å². The Morgan fingerprint density at radius 2 is 1.75 bits per heavy atom. The summed E-state index contributed by atoms with van der Waals surface area (Å²) in [5.74, 6) is -4.55. The molecule has 56 heavy (non-hydrogen) atoms. The number of aromatic hydroxyl groups is 1. The highest BCUT2D eigenvalue weighted by Gasteiger charge is 2.68. The van der Waals surface area contributed by atoms with E-state index in [2.05, 4.69) is 13.2 Å². The summed E-state index contributed by atoms with van der Waals surface area (Å²) in [4.78, 5) is 62.2. The molecule has 11 heteroatoms. The Bertz CT molecular complexity index is 2600. The number of para-hydroxylation sites is 1. The van der Waals surface area contributed by atoms with Crippen LogP contribution in [0.4, 0.5) is 11.5 Å². The lowest BCUT2D eigenvalue weighted by Crippen LogP contribution is -2.49. The van der Waals surface area contributed by atoms with Crippen LogP contribution >= 0.6 is 22.9 Å². The molecule has 9 nitrogen and oxygen atoms in total. The van der Waals surface area contributed by atoms with Crippen molar-refractivity contribution in [1.82, 2.24) is 9.78 Å². The first-order chi connectivity index (χ1) is 26.9. The number of nitrogens with zero attached hydrogens (tertiary/aromatic N) is 4. The molecule has 0 spiro atoms. The van der Waals surface area contributed by atoms with Crippen LogP contribution in [0.3, 0.4) is 0 Å². The van der Waals surface area contributed by atoms with Gasteiger partial charge in [-0.15, -0.1) is 17.9 Å². The third-order valence-corrected chi connectivity index (χ3v) is 14.2. The van der Waals surface area contributed by atoms with Crippen molar-refractivity contribution >= 4 is 74.2 Å². The smallest absolute Gasteiger partial charge is 0.242 e. The number of hydrogen-bond acceptors (Lipinski definition) is 7. The number of aromatic nitrogens is 2. The van der Waals surface area contributed by atoms with E-state index in [0.29, 0.717) is 46.2 Å². The minimum Gasteiger partial charge on any atom is -0.507 e. The summed E-state index contributed by atoms with van der Waals surface area (Å²) < 4.78 is 2.61. The Morgan fingerprint density at radius 3 is 2.48 bits per heavy atom. The van der Waals surface area contributed by atoms with Gasteiger partial charge in [0.15, 0.2) is 0 Å². The zero-order valence-corrected chi connectivity index (χ0v) is 32.7. The fraction of sp³-hybridized carbons (Fsp3) is 0.267. The van der Waals surface area contributed by atoms with Gasteiger partial charge in [-0.2, -0.15) is 5.10 Å². The van der Waals surface area contributed by atoms with Crippen molar-refractivity contribution in [1.29, 1.82) is 0 Å². The third kappa shape index (κ3) is 5.01. The number of fused-ring (bicyclic) bond motifs is 5. The SMILES string of the molecule is C=CCc1cccc([C@H]2C3=CC[C@@H]4C(=O)N(c5ccc(C=C)cc5)C(=O)[C@@H]4[C@@H]3C[C@H]3C(=O)N(c4cc(-c5sc6ccc(Cl)cc6c5C)nn4C)C(=O)[C@@]23C)c1O. The molecular formula is C45H39ClN4O5S. The van der Waals surface area contributed by atoms with Gasteiger partial charge in [-0.25, -0.2) is 4.90 Å². The second kappa shape index (κ2) is 13.0. The predicted molar refractivity (Wildman–Crippen MR) is 219 cm³/mol.